The minimum atomic E-state index is 0.306. The van der Waals surface area contributed by atoms with E-state index < -0.39 is 0 Å². The number of anilines is 2. The summed E-state index contributed by atoms with van der Waals surface area (Å²) in [5.41, 5.74) is 13.7. The quantitative estimate of drug-likeness (QED) is 0.662. The number of nitrogen functional groups attached to an aromatic ring is 2. The molecule has 0 fully saturated rings. The summed E-state index contributed by atoms with van der Waals surface area (Å²) >= 11 is 0. The van der Waals surface area contributed by atoms with Crippen molar-refractivity contribution in [1.29, 1.82) is 0 Å². The van der Waals surface area contributed by atoms with Crippen molar-refractivity contribution in [3.63, 3.8) is 0 Å². The molecule has 0 saturated heterocycles. The molecule has 0 amide bonds. The van der Waals surface area contributed by atoms with E-state index in [1.54, 1.807) is 0 Å². The second-order valence-electron chi connectivity index (χ2n) is 3.16. The Bertz CT molecular complexity index is 474. The monoisotopic (exact) mass is 188 g/mol. The molecule has 4 nitrogen and oxygen atoms in total. The van der Waals surface area contributed by atoms with E-state index >= 15 is 0 Å². The number of aromatic nitrogens is 2. The van der Waals surface area contributed by atoms with Crippen LogP contribution in [0, 0.1) is 0 Å². The van der Waals surface area contributed by atoms with Crippen LogP contribution in [-0.2, 0) is 6.42 Å². The number of benzene rings is 1. The minimum absolute atomic E-state index is 0.306. The van der Waals surface area contributed by atoms with Crippen molar-refractivity contribution in [3.05, 3.63) is 23.9 Å². The summed E-state index contributed by atoms with van der Waals surface area (Å²) in [6.45, 7) is 2.04. The Kier molecular flexibility index (Phi) is 1.96. The van der Waals surface area contributed by atoms with Crippen molar-refractivity contribution in [2.75, 3.05) is 11.5 Å². The Labute approximate surface area is 82.0 Å². The fourth-order valence-corrected chi connectivity index (χ4v) is 1.50. The molecule has 0 aliphatic carbocycles. The third kappa shape index (κ3) is 1.35. The van der Waals surface area contributed by atoms with Gasteiger partial charge in [-0.25, -0.2) is 9.97 Å². The highest BCUT2D eigenvalue weighted by molar-refractivity contribution is 5.84. The lowest BCUT2D eigenvalue weighted by molar-refractivity contribution is 1.04. The average molecular weight is 188 g/mol. The molecule has 1 heterocycles. The van der Waals surface area contributed by atoms with E-state index in [2.05, 4.69) is 9.97 Å². The van der Waals surface area contributed by atoms with Gasteiger partial charge in [0.05, 0.1) is 11.2 Å². The summed E-state index contributed by atoms with van der Waals surface area (Å²) in [7, 11) is 0. The molecule has 0 aliphatic rings. The van der Waals surface area contributed by atoms with Crippen LogP contribution in [-0.4, -0.2) is 9.97 Å². The van der Waals surface area contributed by atoms with Gasteiger partial charge < -0.3 is 11.5 Å². The average Bonchev–Trinajstić information content (AvgIpc) is 2.15. The van der Waals surface area contributed by atoms with Gasteiger partial charge >= 0.3 is 0 Å². The normalized spacial score (nSPS) is 10.6. The molecule has 1 aromatic carbocycles. The number of hydrogen-bond donors (Lipinski definition) is 2. The first kappa shape index (κ1) is 8.74. The van der Waals surface area contributed by atoms with Gasteiger partial charge in [-0.2, -0.15) is 0 Å². The van der Waals surface area contributed by atoms with Crippen LogP contribution in [0.2, 0.25) is 0 Å². The number of rotatable bonds is 1. The highest BCUT2D eigenvalue weighted by Gasteiger charge is 2.04. The largest absolute Gasteiger partial charge is 0.399 e. The highest BCUT2D eigenvalue weighted by atomic mass is 15.0. The van der Waals surface area contributed by atoms with Crippen LogP contribution in [0.5, 0.6) is 0 Å². The van der Waals surface area contributed by atoms with Crippen molar-refractivity contribution >= 4 is 22.5 Å². The zero-order valence-corrected chi connectivity index (χ0v) is 7.99. The van der Waals surface area contributed by atoms with Crippen molar-refractivity contribution in [1.82, 2.24) is 9.97 Å². The van der Waals surface area contributed by atoms with Gasteiger partial charge in [0, 0.05) is 11.1 Å². The summed E-state index contributed by atoms with van der Waals surface area (Å²) in [6.07, 6.45) is 0.840. The second-order valence-corrected chi connectivity index (χ2v) is 3.16. The first-order chi connectivity index (χ1) is 6.70. The van der Waals surface area contributed by atoms with E-state index in [0.29, 0.717) is 11.6 Å². The van der Waals surface area contributed by atoms with Crippen LogP contribution >= 0.6 is 0 Å². The van der Waals surface area contributed by atoms with Crippen molar-refractivity contribution < 1.29 is 0 Å². The fraction of sp³-hybridized carbons (Fsp3) is 0.200. The van der Waals surface area contributed by atoms with Gasteiger partial charge in [-0.15, -0.1) is 0 Å². The van der Waals surface area contributed by atoms with Crippen LogP contribution in [0.1, 0.15) is 12.6 Å². The third-order valence-electron chi connectivity index (χ3n) is 2.15. The zero-order valence-electron chi connectivity index (χ0n) is 7.99. The molecule has 1 aromatic heterocycles. The summed E-state index contributed by atoms with van der Waals surface area (Å²) in [6, 6.07) is 5.59. The lowest BCUT2D eigenvalue weighted by Crippen LogP contribution is -2.00. The maximum Gasteiger partial charge on any atom is 0.220 e. The number of hydrogen-bond acceptors (Lipinski definition) is 4. The Balaban J connectivity index is 2.81. The summed E-state index contributed by atoms with van der Waals surface area (Å²) < 4.78 is 0. The van der Waals surface area contributed by atoms with E-state index in [1.807, 2.05) is 25.1 Å². The van der Waals surface area contributed by atoms with Gasteiger partial charge in [-0.3, -0.25) is 0 Å². The predicted molar refractivity (Wildman–Crippen MR) is 57.7 cm³/mol. The molecule has 0 atom stereocenters. The third-order valence-corrected chi connectivity index (χ3v) is 2.15. The fourth-order valence-electron chi connectivity index (χ4n) is 1.50. The Morgan fingerprint density at radius 1 is 1.21 bits per heavy atom. The predicted octanol–water partition coefficient (Wildman–Crippen LogP) is 1.36. The lowest BCUT2D eigenvalue weighted by atomic mass is 10.1. The number of aryl methyl sites for hydroxylation is 1. The molecular formula is C10H12N4. The van der Waals surface area contributed by atoms with Gasteiger partial charge in [0.2, 0.25) is 5.95 Å². The van der Waals surface area contributed by atoms with E-state index in [0.717, 1.165) is 23.0 Å². The Hall–Kier alpha value is -1.84. The molecule has 4 heteroatoms. The van der Waals surface area contributed by atoms with E-state index in [4.69, 9.17) is 11.5 Å². The number of nitrogens with two attached hydrogens (primary N) is 2. The Morgan fingerprint density at radius 3 is 2.71 bits per heavy atom. The molecule has 0 saturated carbocycles. The SMILES string of the molecule is CCc1nc(N)nc2cc(N)ccc12. The zero-order chi connectivity index (χ0) is 10.1. The van der Waals surface area contributed by atoms with Crippen LogP contribution < -0.4 is 11.5 Å². The van der Waals surface area contributed by atoms with E-state index in [1.165, 1.54) is 0 Å². The molecule has 0 radical (unpaired) electrons. The van der Waals surface area contributed by atoms with E-state index in [-0.39, 0.29) is 0 Å². The van der Waals surface area contributed by atoms with Crippen LogP contribution in [0.25, 0.3) is 10.9 Å². The molecule has 0 unspecified atom stereocenters. The van der Waals surface area contributed by atoms with E-state index in [9.17, 15) is 0 Å². The van der Waals surface area contributed by atoms with Crippen molar-refractivity contribution in [2.45, 2.75) is 13.3 Å². The van der Waals surface area contributed by atoms with Gasteiger partial charge in [0.25, 0.3) is 0 Å². The molecule has 14 heavy (non-hydrogen) atoms. The molecule has 0 aliphatic heterocycles. The summed E-state index contributed by atoms with van der Waals surface area (Å²) in [5, 5.41) is 1.02. The molecule has 4 N–H and O–H groups in total. The van der Waals surface area contributed by atoms with Crippen molar-refractivity contribution in [2.24, 2.45) is 0 Å². The van der Waals surface area contributed by atoms with Gasteiger partial charge in [0.15, 0.2) is 0 Å². The van der Waals surface area contributed by atoms with Crippen LogP contribution in [0.3, 0.4) is 0 Å². The molecule has 2 rings (SSSR count). The first-order valence-electron chi connectivity index (χ1n) is 4.52. The molecule has 72 valence electrons. The summed E-state index contributed by atoms with van der Waals surface area (Å²) in [5.74, 6) is 0.306. The lowest BCUT2D eigenvalue weighted by Gasteiger charge is -2.04. The maximum absolute atomic E-state index is 5.66. The number of fused-ring (bicyclic) bond motifs is 1. The highest BCUT2D eigenvalue weighted by Crippen LogP contribution is 2.19. The van der Waals surface area contributed by atoms with Gasteiger partial charge in [-0.05, 0) is 24.6 Å². The first-order valence-corrected chi connectivity index (χ1v) is 4.52. The Morgan fingerprint density at radius 2 is 2.00 bits per heavy atom. The molecular weight excluding hydrogens is 176 g/mol. The standard InChI is InChI=1S/C10H12N4/c1-2-8-7-4-3-6(11)5-9(7)14-10(12)13-8/h3-5H,2,11H2,1H3,(H2,12,13,14). The topological polar surface area (TPSA) is 77.8 Å². The summed E-state index contributed by atoms with van der Waals surface area (Å²) in [4.78, 5) is 8.31. The van der Waals surface area contributed by atoms with Crippen LogP contribution in [0.4, 0.5) is 11.6 Å². The smallest absolute Gasteiger partial charge is 0.220 e. The molecule has 2 aromatic rings. The van der Waals surface area contributed by atoms with Gasteiger partial charge in [0.1, 0.15) is 0 Å². The van der Waals surface area contributed by atoms with Crippen LogP contribution in [0.15, 0.2) is 18.2 Å². The maximum atomic E-state index is 5.66. The number of nitrogens with zero attached hydrogens (tertiary/aromatic N) is 2. The molecule has 0 bridgehead atoms. The second kappa shape index (κ2) is 3.14. The van der Waals surface area contributed by atoms with Crippen molar-refractivity contribution in [3.8, 4) is 0 Å². The molecule has 0 spiro atoms. The van der Waals surface area contributed by atoms with Gasteiger partial charge in [-0.1, -0.05) is 6.92 Å². The minimum Gasteiger partial charge on any atom is -0.399 e.